The number of nitrogens with one attached hydrogen (secondary N) is 1. The van der Waals surface area contributed by atoms with Crippen molar-refractivity contribution in [2.45, 2.75) is 18.8 Å². The summed E-state index contributed by atoms with van der Waals surface area (Å²) in [5.74, 6) is 1.48. The van der Waals surface area contributed by atoms with Crippen LogP contribution in [0.2, 0.25) is 0 Å². The molecule has 94 valence electrons. The van der Waals surface area contributed by atoms with Gasteiger partial charge in [-0.1, -0.05) is 0 Å². The maximum absolute atomic E-state index is 5.26. The number of fused-ring (bicyclic) bond motifs is 1. The molecule has 0 radical (unpaired) electrons. The highest BCUT2D eigenvalue weighted by Gasteiger charge is 2.17. The number of methoxy groups -OCH3 is 1. The third kappa shape index (κ3) is 2.06. The summed E-state index contributed by atoms with van der Waals surface area (Å²) < 4.78 is 5.26. The van der Waals surface area contributed by atoms with Gasteiger partial charge in [0.1, 0.15) is 5.75 Å². The Hall–Kier alpha value is -1.61. The molecule has 3 nitrogen and oxygen atoms in total. The van der Waals surface area contributed by atoms with Gasteiger partial charge in [-0.15, -0.1) is 0 Å². The van der Waals surface area contributed by atoms with E-state index in [0.29, 0.717) is 5.92 Å². The Morgan fingerprint density at radius 1 is 1.33 bits per heavy atom. The van der Waals surface area contributed by atoms with Crippen LogP contribution in [0, 0.1) is 0 Å². The van der Waals surface area contributed by atoms with Crippen molar-refractivity contribution in [3.8, 4) is 5.75 Å². The van der Waals surface area contributed by atoms with E-state index in [4.69, 9.17) is 4.74 Å². The molecule has 1 aliphatic rings. The molecule has 1 aromatic heterocycles. The van der Waals surface area contributed by atoms with Crippen LogP contribution >= 0.6 is 0 Å². The molecule has 1 N–H and O–H groups in total. The van der Waals surface area contributed by atoms with Crippen molar-refractivity contribution in [3.05, 3.63) is 36.0 Å². The monoisotopic (exact) mass is 242 g/mol. The summed E-state index contributed by atoms with van der Waals surface area (Å²) in [6, 6.07) is 8.32. The average molecular weight is 242 g/mol. The molecule has 1 fully saturated rings. The van der Waals surface area contributed by atoms with E-state index in [1.54, 1.807) is 7.11 Å². The molecule has 0 bridgehead atoms. The van der Waals surface area contributed by atoms with Gasteiger partial charge in [0.2, 0.25) is 0 Å². The molecule has 3 rings (SSSR count). The molecule has 18 heavy (non-hydrogen) atoms. The van der Waals surface area contributed by atoms with Gasteiger partial charge in [0, 0.05) is 24.2 Å². The van der Waals surface area contributed by atoms with E-state index in [0.717, 1.165) is 24.4 Å². The van der Waals surface area contributed by atoms with Crippen LogP contribution in [-0.4, -0.2) is 25.2 Å². The molecule has 0 aliphatic carbocycles. The van der Waals surface area contributed by atoms with Crippen LogP contribution in [0.1, 0.15) is 24.3 Å². The first kappa shape index (κ1) is 11.5. The summed E-state index contributed by atoms with van der Waals surface area (Å²) >= 11 is 0. The van der Waals surface area contributed by atoms with E-state index in [9.17, 15) is 0 Å². The summed E-state index contributed by atoms with van der Waals surface area (Å²) in [5, 5.41) is 4.73. The first-order valence-electron chi connectivity index (χ1n) is 6.52. The Labute approximate surface area is 107 Å². The summed E-state index contributed by atoms with van der Waals surface area (Å²) in [4.78, 5) is 4.44. The number of hydrogen-bond donors (Lipinski definition) is 1. The zero-order valence-electron chi connectivity index (χ0n) is 10.6. The van der Waals surface area contributed by atoms with Gasteiger partial charge < -0.3 is 10.1 Å². The minimum absolute atomic E-state index is 0.609. The fraction of sp³-hybridized carbons (Fsp3) is 0.400. The lowest BCUT2D eigenvalue weighted by Gasteiger charge is -2.24. The second kappa shape index (κ2) is 4.94. The summed E-state index contributed by atoms with van der Waals surface area (Å²) in [5.41, 5.74) is 2.44. The van der Waals surface area contributed by atoms with Gasteiger partial charge in [0.05, 0.1) is 12.6 Å². The quantitative estimate of drug-likeness (QED) is 0.879. The maximum atomic E-state index is 5.26. The Morgan fingerprint density at radius 2 is 2.28 bits per heavy atom. The predicted molar refractivity (Wildman–Crippen MR) is 73.1 cm³/mol. The molecule has 0 saturated carbocycles. The molecule has 1 unspecified atom stereocenters. The molecular weight excluding hydrogens is 224 g/mol. The van der Waals surface area contributed by atoms with E-state index >= 15 is 0 Å². The molecule has 1 aromatic carbocycles. The van der Waals surface area contributed by atoms with Gasteiger partial charge in [-0.3, -0.25) is 4.98 Å². The van der Waals surface area contributed by atoms with Crippen molar-refractivity contribution < 1.29 is 4.74 Å². The Bertz CT molecular complexity index is 547. The maximum Gasteiger partial charge on any atom is 0.121 e. The SMILES string of the molecule is COc1ccc2c(C3CCCNC3)ccnc2c1. The Morgan fingerprint density at radius 3 is 3.06 bits per heavy atom. The summed E-state index contributed by atoms with van der Waals surface area (Å²) in [7, 11) is 1.69. The molecule has 2 aromatic rings. The number of ether oxygens (including phenoxy) is 1. The van der Waals surface area contributed by atoms with Crippen LogP contribution in [0.25, 0.3) is 10.9 Å². The van der Waals surface area contributed by atoms with Crippen LogP contribution in [0.15, 0.2) is 30.5 Å². The lowest BCUT2D eigenvalue weighted by atomic mass is 9.89. The first-order chi connectivity index (χ1) is 8.88. The number of pyridine rings is 1. The Kier molecular flexibility index (Phi) is 3.15. The van der Waals surface area contributed by atoms with Crippen molar-refractivity contribution >= 4 is 10.9 Å². The van der Waals surface area contributed by atoms with Gasteiger partial charge in [0.15, 0.2) is 0 Å². The topological polar surface area (TPSA) is 34.1 Å². The standard InChI is InChI=1S/C15H18N2O/c1-18-12-4-5-14-13(6-8-17-15(14)9-12)11-3-2-7-16-10-11/h4-6,8-9,11,16H,2-3,7,10H2,1H3. The normalized spacial score (nSPS) is 19.9. The molecule has 2 heterocycles. The number of benzene rings is 1. The van der Waals surface area contributed by atoms with Crippen molar-refractivity contribution in [2.24, 2.45) is 0 Å². The number of nitrogens with zero attached hydrogens (tertiary/aromatic N) is 1. The molecular formula is C15H18N2O. The summed E-state index contributed by atoms with van der Waals surface area (Å²) in [6.45, 7) is 2.22. The minimum Gasteiger partial charge on any atom is -0.497 e. The molecule has 0 spiro atoms. The number of aromatic nitrogens is 1. The molecule has 3 heteroatoms. The third-order valence-electron chi connectivity index (χ3n) is 3.72. The smallest absolute Gasteiger partial charge is 0.121 e. The fourth-order valence-corrected chi connectivity index (χ4v) is 2.75. The highest BCUT2D eigenvalue weighted by Crippen LogP contribution is 2.30. The van der Waals surface area contributed by atoms with Gasteiger partial charge in [0.25, 0.3) is 0 Å². The highest BCUT2D eigenvalue weighted by molar-refractivity contribution is 5.83. The number of rotatable bonds is 2. The van der Waals surface area contributed by atoms with Gasteiger partial charge in [-0.25, -0.2) is 0 Å². The number of hydrogen-bond acceptors (Lipinski definition) is 3. The van der Waals surface area contributed by atoms with E-state index in [1.807, 2.05) is 18.3 Å². The zero-order valence-corrected chi connectivity index (χ0v) is 10.6. The van der Waals surface area contributed by atoms with E-state index in [2.05, 4.69) is 22.4 Å². The second-order valence-electron chi connectivity index (χ2n) is 4.83. The first-order valence-corrected chi connectivity index (χ1v) is 6.52. The van der Waals surface area contributed by atoms with Crippen LogP contribution < -0.4 is 10.1 Å². The van der Waals surface area contributed by atoms with Gasteiger partial charge in [-0.2, -0.15) is 0 Å². The highest BCUT2D eigenvalue weighted by atomic mass is 16.5. The van der Waals surface area contributed by atoms with Crippen molar-refractivity contribution in [2.75, 3.05) is 20.2 Å². The van der Waals surface area contributed by atoms with Crippen LogP contribution in [0.4, 0.5) is 0 Å². The number of piperidine rings is 1. The van der Waals surface area contributed by atoms with Crippen molar-refractivity contribution in [3.63, 3.8) is 0 Å². The summed E-state index contributed by atoms with van der Waals surface area (Å²) in [6.07, 6.45) is 4.43. The molecule has 1 atom stereocenters. The molecule has 1 saturated heterocycles. The van der Waals surface area contributed by atoms with Crippen molar-refractivity contribution in [1.29, 1.82) is 0 Å². The van der Waals surface area contributed by atoms with E-state index < -0.39 is 0 Å². The zero-order chi connectivity index (χ0) is 12.4. The predicted octanol–water partition coefficient (Wildman–Crippen LogP) is 2.71. The van der Waals surface area contributed by atoms with Crippen molar-refractivity contribution in [1.82, 2.24) is 10.3 Å². The van der Waals surface area contributed by atoms with E-state index in [1.165, 1.54) is 23.8 Å². The lowest BCUT2D eigenvalue weighted by Crippen LogP contribution is -2.28. The Balaban J connectivity index is 2.05. The van der Waals surface area contributed by atoms with Gasteiger partial charge in [-0.05, 0) is 49.1 Å². The minimum atomic E-state index is 0.609. The lowest BCUT2D eigenvalue weighted by molar-refractivity contribution is 0.415. The van der Waals surface area contributed by atoms with Crippen LogP contribution in [-0.2, 0) is 0 Å². The fourth-order valence-electron chi connectivity index (χ4n) is 2.75. The largest absolute Gasteiger partial charge is 0.497 e. The van der Waals surface area contributed by atoms with E-state index in [-0.39, 0.29) is 0 Å². The van der Waals surface area contributed by atoms with Crippen LogP contribution in [0.3, 0.4) is 0 Å². The second-order valence-corrected chi connectivity index (χ2v) is 4.83. The molecule has 0 amide bonds. The van der Waals surface area contributed by atoms with Gasteiger partial charge >= 0.3 is 0 Å². The van der Waals surface area contributed by atoms with Crippen LogP contribution in [0.5, 0.6) is 5.75 Å². The molecule has 1 aliphatic heterocycles. The average Bonchev–Trinajstić information content (AvgIpc) is 2.47. The third-order valence-corrected chi connectivity index (χ3v) is 3.72.